The number of rotatable bonds is 2. The number of nitrogens with zero attached hydrogens (tertiary/aromatic N) is 2. The van der Waals surface area contributed by atoms with Crippen molar-refractivity contribution in [2.24, 2.45) is 0 Å². The first kappa shape index (κ1) is 12.4. The summed E-state index contributed by atoms with van der Waals surface area (Å²) in [6.45, 7) is 0. The van der Waals surface area contributed by atoms with Crippen LogP contribution in [0, 0.1) is 5.41 Å². The minimum atomic E-state index is 0.272. The third-order valence-corrected chi connectivity index (χ3v) is 3.25. The highest BCUT2D eigenvalue weighted by molar-refractivity contribution is 5.93. The minimum Gasteiger partial charge on any atom is -0.339 e. The zero-order chi connectivity index (χ0) is 13.0. The van der Waals surface area contributed by atoms with Crippen molar-refractivity contribution in [1.29, 1.82) is 5.41 Å². The molecule has 1 unspecified atom stereocenters. The molecule has 0 aliphatic heterocycles. The molecule has 0 saturated carbocycles. The molecule has 0 fully saturated rings. The van der Waals surface area contributed by atoms with Gasteiger partial charge in [-0.05, 0) is 18.6 Å². The summed E-state index contributed by atoms with van der Waals surface area (Å²) in [6.07, 6.45) is 9.32. The normalized spacial score (nSPS) is 17.6. The van der Waals surface area contributed by atoms with Gasteiger partial charge in [-0.25, -0.2) is 0 Å². The molecule has 2 rings (SSSR count). The van der Waals surface area contributed by atoms with E-state index in [4.69, 9.17) is 5.41 Å². The Hall–Kier alpha value is -2.03. The van der Waals surface area contributed by atoms with Crippen molar-refractivity contribution < 1.29 is 0 Å². The Morgan fingerprint density at radius 3 is 2.50 bits per heavy atom. The first-order valence-electron chi connectivity index (χ1n) is 6.13. The van der Waals surface area contributed by atoms with Crippen LogP contribution in [0.4, 0.5) is 5.69 Å². The Morgan fingerprint density at radius 1 is 1.17 bits per heavy atom. The van der Waals surface area contributed by atoms with Crippen LogP contribution in [0.15, 0.2) is 54.6 Å². The molecule has 1 aromatic carbocycles. The predicted octanol–water partition coefficient (Wildman–Crippen LogP) is 2.87. The molecule has 1 N–H and O–H groups in total. The summed E-state index contributed by atoms with van der Waals surface area (Å²) in [7, 11) is 3.90. The highest BCUT2D eigenvalue weighted by Gasteiger charge is 2.18. The van der Waals surface area contributed by atoms with E-state index in [-0.39, 0.29) is 6.04 Å². The standard InChI is InChI=1S/C15H19N3/c1-17(13-9-5-3-6-10-13)15(16)18(2)14-11-7-4-8-12-14/h3-11,14,16H,12H2,1-2H3. The van der Waals surface area contributed by atoms with E-state index in [0.717, 1.165) is 12.1 Å². The lowest BCUT2D eigenvalue weighted by Crippen LogP contribution is -2.44. The molecule has 1 aromatic rings. The topological polar surface area (TPSA) is 30.3 Å². The number of allylic oxidation sites excluding steroid dienone is 2. The van der Waals surface area contributed by atoms with Crippen molar-refractivity contribution in [2.45, 2.75) is 12.5 Å². The highest BCUT2D eigenvalue weighted by atomic mass is 15.3. The van der Waals surface area contributed by atoms with Gasteiger partial charge in [-0.2, -0.15) is 0 Å². The second kappa shape index (κ2) is 5.54. The number of hydrogen-bond acceptors (Lipinski definition) is 1. The monoisotopic (exact) mass is 241 g/mol. The molecule has 0 aromatic heterocycles. The maximum Gasteiger partial charge on any atom is 0.198 e. The molecule has 0 spiro atoms. The number of likely N-dealkylation sites (N-methyl/N-ethyl adjacent to an activating group) is 1. The van der Waals surface area contributed by atoms with Gasteiger partial charge in [-0.15, -0.1) is 0 Å². The van der Waals surface area contributed by atoms with Gasteiger partial charge in [0.05, 0.1) is 6.04 Å². The second-order valence-corrected chi connectivity index (χ2v) is 4.45. The van der Waals surface area contributed by atoms with E-state index in [1.54, 1.807) is 0 Å². The van der Waals surface area contributed by atoms with Crippen LogP contribution in [-0.4, -0.2) is 31.0 Å². The fraction of sp³-hybridized carbons (Fsp3) is 0.267. The molecule has 1 aliphatic carbocycles. The number of para-hydroxylation sites is 1. The van der Waals surface area contributed by atoms with Gasteiger partial charge < -0.3 is 9.80 Å². The van der Waals surface area contributed by atoms with E-state index in [1.165, 1.54) is 0 Å². The predicted molar refractivity (Wildman–Crippen MR) is 77.0 cm³/mol. The molecule has 0 radical (unpaired) electrons. The van der Waals surface area contributed by atoms with Crippen LogP contribution in [0.3, 0.4) is 0 Å². The average molecular weight is 241 g/mol. The Labute approximate surface area is 109 Å². The van der Waals surface area contributed by atoms with Crippen molar-refractivity contribution in [1.82, 2.24) is 4.90 Å². The highest BCUT2D eigenvalue weighted by Crippen LogP contribution is 2.16. The Morgan fingerprint density at radius 2 is 1.89 bits per heavy atom. The van der Waals surface area contributed by atoms with Gasteiger partial charge in [-0.1, -0.05) is 42.5 Å². The van der Waals surface area contributed by atoms with Crippen LogP contribution in [0.25, 0.3) is 0 Å². The summed E-state index contributed by atoms with van der Waals surface area (Å²) in [5.41, 5.74) is 1.03. The molecular formula is C15H19N3. The SMILES string of the molecule is CN(C(=N)N(C)C1C=CC=CC1)c1ccccc1. The lowest BCUT2D eigenvalue weighted by molar-refractivity contribution is 0.417. The van der Waals surface area contributed by atoms with Crippen LogP contribution < -0.4 is 4.90 Å². The van der Waals surface area contributed by atoms with Gasteiger partial charge in [0.2, 0.25) is 0 Å². The number of hydrogen-bond donors (Lipinski definition) is 1. The van der Waals surface area contributed by atoms with Crippen LogP contribution >= 0.6 is 0 Å². The van der Waals surface area contributed by atoms with E-state index >= 15 is 0 Å². The summed E-state index contributed by atoms with van der Waals surface area (Å²) < 4.78 is 0. The zero-order valence-corrected chi connectivity index (χ0v) is 10.9. The minimum absolute atomic E-state index is 0.272. The average Bonchev–Trinajstić information content (AvgIpc) is 2.47. The lowest BCUT2D eigenvalue weighted by Gasteiger charge is -2.33. The third kappa shape index (κ3) is 2.62. The molecule has 1 atom stereocenters. The summed E-state index contributed by atoms with van der Waals surface area (Å²) in [4.78, 5) is 3.89. The number of benzene rings is 1. The zero-order valence-electron chi connectivity index (χ0n) is 10.9. The molecule has 0 heterocycles. The summed E-state index contributed by atoms with van der Waals surface area (Å²) in [6, 6.07) is 10.3. The van der Waals surface area contributed by atoms with Crippen molar-refractivity contribution in [2.75, 3.05) is 19.0 Å². The molecule has 1 aliphatic rings. The van der Waals surface area contributed by atoms with Gasteiger partial charge >= 0.3 is 0 Å². The molecular weight excluding hydrogens is 222 g/mol. The smallest absolute Gasteiger partial charge is 0.198 e. The Kier molecular flexibility index (Phi) is 3.82. The number of nitrogens with one attached hydrogen (secondary N) is 1. The van der Waals surface area contributed by atoms with Crippen molar-refractivity contribution in [3.8, 4) is 0 Å². The molecule has 3 heteroatoms. The van der Waals surface area contributed by atoms with E-state index in [1.807, 2.05) is 60.3 Å². The molecule has 0 amide bonds. The first-order chi connectivity index (χ1) is 8.70. The van der Waals surface area contributed by atoms with Gasteiger partial charge in [0.15, 0.2) is 5.96 Å². The van der Waals surface area contributed by atoms with Crippen LogP contribution in [0.5, 0.6) is 0 Å². The molecule has 3 nitrogen and oxygen atoms in total. The molecule has 0 bridgehead atoms. The van der Waals surface area contributed by atoms with Crippen LogP contribution in [0.2, 0.25) is 0 Å². The van der Waals surface area contributed by atoms with E-state index < -0.39 is 0 Å². The fourth-order valence-corrected chi connectivity index (χ4v) is 2.02. The summed E-state index contributed by atoms with van der Waals surface area (Å²) in [5.74, 6) is 0.506. The van der Waals surface area contributed by atoms with Crippen molar-refractivity contribution >= 4 is 11.6 Å². The molecule has 0 saturated heterocycles. The van der Waals surface area contributed by atoms with Crippen LogP contribution in [0.1, 0.15) is 6.42 Å². The van der Waals surface area contributed by atoms with Gasteiger partial charge in [-0.3, -0.25) is 5.41 Å². The van der Waals surface area contributed by atoms with Gasteiger partial charge in [0.1, 0.15) is 0 Å². The summed E-state index contributed by atoms with van der Waals surface area (Å²) in [5, 5.41) is 8.27. The maximum atomic E-state index is 8.27. The second-order valence-electron chi connectivity index (χ2n) is 4.45. The first-order valence-corrected chi connectivity index (χ1v) is 6.13. The largest absolute Gasteiger partial charge is 0.339 e. The van der Waals surface area contributed by atoms with Gasteiger partial charge in [0.25, 0.3) is 0 Å². The lowest BCUT2D eigenvalue weighted by atomic mass is 10.1. The Balaban J connectivity index is 2.07. The maximum absolute atomic E-state index is 8.27. The number of guanidine groups is 1. The van der Waals surface area contributed by atoms with Crippen molar-refractivity contribution in [3.05, 3.63) is 54.6 Å². The van der Waals surface area contributed by atoms with Gasteiger partial charge in [0, 0.05) is 19.8 Å². The van der Waals surface area contributed by atoms with Crippen molar-refractivity contribution in [3.63, 3.8) is 0 Å². The van der Waals surface area contributed by atoms with E-state index in [9.17, 15) is 0 Å². The van der Waals surface area contributed by atoms with E-state index in [2.05, 4.69) is 18.2 Å². The summed E-state index contributed by atoms with van der Waals surface area (Å²) >= 11 is 0. The molecule has 18 heavy (non-hydrogen) atoms. The van der Waals surface area contributed by atoms with E-state index in [0.29, 0.717) is 5.96 Å². The fourth-order valence-electron chi connectivity index (χ4n) is 2.02. The Bertz CT molecular complexity index is 462. The third-order valence-electron chi connectivity index (χ3n) is 3.25. The molecule has 94 valence electrons. The van der Waals surface area contributed by atoms with Crippen LogP contribution in [-0.2, 0) is 0 Å². The quantitative estimate of drug-likeness (QED) is 0.637. The number of anilines is 1.